The summed E-state index contributed by atoms with van der Waals surface area (Å²) in [6.45, 7) is 7.64. The number of thioether (sulfide) groups is 1. The number of nitrogens with two attached hydrogens (primary N) is 1. The van der Waals surface area contributed by atoms with Crippen molar-refractivity contribution in [1.82, 2.24) is 4.90 Å². The number of benzene rings is 1. The summed E-state index contributed by atoms with van der Waals surface area (Å²) in [6, 6.07) is 3.83. The quantitative estimate of drug-likeness (QED) is 0.840. The van der Waals surface area contributed by atoms with Crippen LogP contribution in [-0.2, 0) is 6.54 Å². The summed E-state index contributed by atoms with van der Waals surface area (Å²) < 4.78 is 0. The summed E-state index contributed by atoms with van der Waals surface area (Å²) in [5.41, 5.74) is 7.35. The van der Waals surface area contributed by atoms with Gasteiger partial charge in [-0.2, -0.15) is 11.8 Å². The van der Waals surface area contributed by atoms with E-state index in [2.05, 4.69) is 30.5 Å². The molecule has 2 nitrogen and oxygen atoms in total. The van der Waals surface area contributed by atoms with Crippen LogP contribution in [0.2, 0.25) is 10.0 Å². The number of nitrogens with zero attached hydrogens (tertiary/aromatic N) is 1. The molecule has 2 atom stereocenters. The number of halogens is 2. The predicted molar refractivity (Wildman–Crippen MR) is 82.7 cm³/mol. The van der Waals surface area contributed by atoms with E-state index in [0.717, 1.165) is 25.2 Å². The molecule has 0 aliphatic carbocycles. The van der Waals surface area contributed by atoms with Gasteiger partial charge in [0.2, 0.25) is 0 Å². The molecule has 1 heterocycles. The first kappa shape index (κ1) is 14.3. The molecule has 1 aromatic carbocycles. The topological polar surface area (TPSA) is 29.3 Å². The van der Waals surface area contributed by atoms with Crippen LogP contribution in [0.3, 0.4) is 0 Å². The molecule has 1 aliphatic heterocycles. The molecular weight excluding hydrogens is 287 g/mol. The third-order valence-electron chi connectivity index (χ3n) is 3.04. The summed E-state index contributed by atoms with van der Waals surface area (Å²) in [4.78, 5) is 2.45. The highest BCUT2D eigenvalue weighted by molar-refractivity contribution is 8.00. The highest BCUT2D eigenvalue weighted by atomic mass is 35.5. The fourth-order valence-electron chi connectivity index (χ4n) is 2.40. The highest BCUT2D eigenvalue weighted by Crippen LogP contribution is 2.31. The van der Waals surface area contributed by atoms with Crippen molar-refractivity contribution in [3.05, 3.63) is 27.7 Å². The lowest BCUT2D eigenvalue weighted by Crippen LogP contribution is -2.39. The van der Waals surface area contributed by atoms with E-state index in [1.54, 1.807) is 0 Å². The van der Waals surface area contributed by atoms with Crippen molar-refractivity contribution in [2.45, 2.75) is 30.9 Å². The minimum absolute atomic E-state index is 0.470. The third-order valence-corrected chi connectivity index (χ3v) is 4.89. The lowest BCUT2D eigenvalue weighted by atomic mass is 10.2. The maximum atomic E-state index is 6.06. The molecule has 1 fully saturated rings. The molecule has 1 aliphatic rings. The van der Waals surface area contributed by atoms with Crippen molar-refractivity contribution in [2.24, 2.45) is 0 Å². The second kappa shape index (κ2) is 5.91. The van der Waals surface area contributed by atoms with Crippen LogP contribution in [0.15, 0.2) is 12.1 Å². The average molecular weight is 305 g/mol. The van der Waals surface area contributed by atoms with Gasteiger partial charge >= 0.3 is 0 Å². The smallest absolute Gasteiger partial charge is 0.0693 e. The van der Waals surface area contributed by atoms with Gasteiger partial charge in [-0.25, -0.2) is 0 Å². The van der Waals surface area contributed by atoms with Gasteiger partial charge < -0.3 is 5.73 Å². The molecule has 0 spiro atoms. The maximum absolute atomic E-state index is 6.06. The zero-order chi connectivity index (χ0) is 13.3. The maximum Gasteiger partial charge on any atom is 0.0693 e. The first-order valence-corrected chi connectivity index (χ1v) is 7.76. The molecule has 2 N–H and O–H groups in total. The molecular formula is C13H18Cl2N2S. The van der Waals surface area contributed by atoms with E-state index in [1.807, 2.05) is 12.1 Å². The number of anilines is 1. The molecule has 0 amide bonds. The molecule has 1 saturated heterocycles. The fourth-order valence-corrected chi connectivity index (χ4v) is 4.32. The molecule has 0 saturated carbocycles. The Kier molecular flexibility index (Phi) is 4.70. The second-order valence-corrected chi connectivity index (χ2v) is 7.62. The van der Waals surface area contributed by atoms with E-state index in [-0.39, 0.29) is 0 Å². The number of hydrogen-bond donors (Lipinski definition) is 1. The van der Waals surface area contributed by atoms with E-state index in [1.165, 1.54) is 0 Å². The largest absolute Gasteiger partial charge is 0.396 e. The average Bonchev–Trinajstić information content (AvgIpc) is 2.24. The summed E-state index contributed by atoms with van der Waals surface area (Å²) >= 11 is 14.2. The van der Waals surface area contributed by atoms with Crippen molar-refractivity contribution in [3.8, 4) is 0 Å². The van der Waals surface area contributed by atoms with Gasteiger partial charge in [0.25, 0.3) is 0 Å². The summed E-state index contributed by atoms with van der Waals surface area (Å²) in [5.74, 6) is 0. The van der Waals surface area contributed by atoms with E-state index < -0.39 is 0 Å². The van der Waals surface area contributed by atoms with Gasteiger partial charge in [0, 0.05) is 30.1 Å². The second-order valence-electron chi connectivity index (χ2n) is 4.92. The molecule has 2 rings (SSSR count). The first-order chi connectivity index (χ1) is 8.45. The Balaban J connectivity index is 2.09. The zero-order valence-corrected chi connectivity index (χ0v) is 12.9. The van der Waals surface area contributed by atoms with Crippen molar-refractivity contribution in [1.29, 1.82) is 0 Å². The molecule has 0 bridgehead atoms. The number of nitrogen functional groups attached to an aromatic ring is 1. The molecule has 5 heteroatoms. The van der Waals surface area contributed by atoms with E-state index in [0.29, 0.717) is 26.2 Å². The summed E-state index contributed by atoms with van der Waals surface area (Å²) in [7, 11) is 0. The van der Waals surface area contributed by atoms with Gasteiger partial charge in [0.15, 0.2) is 0 Å². The Hall–Kier alpha value is -0.0900. The van der Waals surface area contributed by atoms with Crippen molar-refractivity contribution in [2.75, 3.05) is 18.8 Å². The van der Waals surface area contributed by atoms with Crippen LogP contribution in [0, 0.1) is 0 Å². The Bertz CT molecular complexity index is 406. The molecule has 18 heavy (non-hydrogen) atoms. The van der Waals surface area contributed by atoms with Gasteiger partial charge in [0.05, 0.1) is 15.7 Å². The normalized spacial score (nSPS) is 25.3. The lowest BCUT2D eigenvalue weighted by Gasteiger charge is -2.34. The standard InChI is InChI=1S/C13H18Cl2N2S/c1-8-5-17(6-9(2)18-8)7-10-3-11(14)13(16)12(15)4-10/h3-4,8-9H,5-7,16H2,1-2H3. The van der Waals surface area contributed by atoms with Crippen LogP contribution in [0.1, 0.15) is 19.4 Å². The lowest BCUT2D eigenvalue weighted by molar-refractivity contribution is 0.263. The Morgan fingerprint density at radius 2 is 1.72 bits per heavy atom. The van der Waals surface area contributed by atoms with E-state index in [9.17, 15) is 0 Å². The number of rotatable bonds is 2. The third kappa shape index (κ3) is 3.47. The molecule has 1 aromatic rings. The van der Waals surface area contributed by atoms with Gasteiger partial charge in [-0.05, 0) is 17.7 Å². The Morgan fingerprint density at radius 1 is 1.22 bits per heavy atom. The van der Waals surface area contributed by atoms with Crippen LogP contribution in [-0.4, -0.2) is 28.5 Å². The summed E-state index contributed by atoms with van der Waals surface area (Å²) in [6.07, 6.45) is 0. The van der Waals surface area contributed by atoms with E-state index in [4.69, 9.17) is 28.9 Å². The number of hydrogen-bond acceptors (Lipinski definition) is 3. The van der Waals surface area contributed by atoms with Crippen LogP contribution in [0.25, 0.3) is 0 Å². The summed E-state index contributed by atoms with van der Waals surface area (Å²) in [5, 5.41) is 2.44. The van der Waals surface area contributed by atoms with Crippen molar-refractivity contribution >= 4 is 40.7 Å². The minimum atomic E-state index is 0.470. The predicted octanol–water partition coefficient (Wildman–Crippen LogP) is 3.90. The molecule has 0 radical (unpaired) electrons. The van der Waals surface area contributed by atoms with E-state index >= 15 is 0 Å². The van der Waals surface area contributed by atoms with Crippen LogP contribution in [0.4, 0.5) is 5.69 Å². The zero-order valence-electron chi connectivity index (χ0n) is 10.6. The Labute approximate surface area is 123 Å². The molecule has 0 aromatic heterocycles. The van der Waals surface area contributed by atoms with Crippen LogP contribution >= 0.6 is 35.0 Å². The van der Waals surface area contributed by atoms with Gasteiger partial charge in [0.1, 0.15) is 0 Å². The minimum Gasteiger partial charge on any atom is -0.396 e. The monoisotopic (exact) mass is 304 g/mol. The van der Waals surface area contributed by atoms with Crippen molar-refractivity contribution < 1.29 is 0 Å². The van der Waals surface area contributed by atoms with Crippen LogP contribution in [0.5, 0.6) is 0 Å². The van der Waals surface area contributed by atoms with Gasteiger partial charge in [-0.3, -0.25) is 4.90 Å². The fraction of sp³-hybridized carbons (Fsp3) is 0.538. The van der Waals surface area contributed by atoms with Gasteiger partial charge in [-0.15, -0.1) is 0 Å². The van der Waals surface area contributed by atoms with Crippen molar-refractivity contribution in [3.63, 3.8) is 0 Å². The SMILES string of the molecule is CC1CN(Cc2cc(Cl)c(N)c(Cl)c2)CC(C)S1. The molecule has 100 valence electrons. The Morgan fingerprint density at radius 3 is 2.22 bits per heavy atom. The molecule has 2 unspecified atom stereocenters. The van der Waals surface area contributed by atoms with Gasteiger partial charge in [-0.1, -0.05) is 37.0 Å². The first-order valence-electron chi connectivity index (χ1n) is 6.07. The van der Waals surface area contributed by atoms with Crippen LogP contribution < -0.4 is 5.73 Å². The highest BCUT2D eigenvalue weighted by Gasteiger charge is 2.22.